The van der Waals surface area contributed by atoms with Gasteiger partial charge in [0.1, 0.15) is 5.75 Å². The van der Waals surface area contributed by atoms with E-state index in [2.05, 4.69) is 0 Å². The van der Waals surface area contributed by atoms with Gasteiger partial charge < -0.3 is 14.5 Å². The second-order valence-electron chi connectivity index (χ2n) is 5.29. The number of hydrogen-bond acceptors (Lipinski definition) is 3. The van der Waals surface area contributed by atoms with E-state index in [1.54, 1.807) is 4.90 Å². The lowest BCUT2D eigenvalue weighted by molar-refractivity contribution is -0.135. The number of benzene rings is 1. The quantitative estimate of drug-likeness (QED) is 0.588. The highest BCUT2D eigenvalue weighted by Gasteiger charge is 2.19. The number of nitrogens with zero attached hydrogens (tertiary/aromatic N) is 2. The minimum atomic E-state index is 0.146. The fraction of sp³-hybridized carbons (Fsp3) is 0.500. The summed E-state index contributed by atoms with van der Waals surface area (Å²) in [5, 5.41) is 0. The van der Waals surface area contributed by atoms with Gasteiger partial charge in [0, 0.05) is 32.6 Å². The van der Waals surface area contributed by atoms with E-state index in [1.807, 2.05) is 36.1 Å². The summed E-state index contributed by atoms with van der Waals surface area (Å²) in [6.45, 7) is 5.12. The van der Waals surface area contributed by atoms with Crippen LogP contribution in [0, 0.1) is 6.92 Å². The number of ether oxygens (including phenoxy) is 1. The average molecular weight is 290 g/mol. The Morgan fingerprint density at radius 1 is 1.19 bits per heavy atom. The number of piperazine rings is 1. The number of amides is 2. The van der Waals surface area contributed by atoms with Gasteiger partial charge in [-0.3, -0.25) is 9.59 Å². The van der Waals surface area contributed by atoms with E-state index in [-0.39, 0.29) is 5.91 Å². The normalized spacial score (nSPS) is 14.9. The van der Waals surface area contributed by atoms with Crippen molar-refractivity contribution in [1.82, 2.24) is 9.80 Å². The zero-order chi connectivity index (χ0) is 15.1. The molecule has 114 valence electrons. The van der Waals surface area contributed by atoms with Gasteiger partial charge in [-0.1, -0.05) is 17.7 Å². The van der Waals surface area contributed by atoms with Crippen LogP contribution in [-0.2, 0) is 9.59 Å². The van der Waals surface area contributed by atoms with Gasteiger partial charge in [0.05, 0.1) is 6.61 Å². The summed E-state index contributed by atoms with van der Waals surface area (Å²) >= 11 is 0. The first-order chi connectivity index (χ1) is 10.2. The molecule has 2 rings (SSSR count). The Kier molecular flexibility index (Phi) is 5.60. The lowest BCUT2D eigenvalue weighted by Crippen LogP contribution is -2.48. The maximum absolute atomic E-state index is 12.0. The maximum Gasteiger partial charge on any atom is 0.222 e. The molecule has 0 radical (unpaired) electrons. The molecule has 0 atom stereocenters. The molecular formula is C16H22N2O3. The highest BCUT2D eigenvalue weighted by Crippen LogP contribution is 2.12. The summed E-state index contributed by atoms with van der Waals surface area (Å²) in [7, 11) is 0. The number of carbonyl (C=O) groups excluding carboxylic acids is 2. The van der Waals surface area contributed by atoms with E-state index in [4.69, 9.17) is 4.74 Å². The van der Waals surface area contributed by atoms with Crippen molar-refractivity contribution in [1.29, 1.82) is 0 Å². The first-order valence-corrected chi connectivity index (χ1v) is 7.35. The Labute approximate surface area is 125 Å². The van der Waals surface area contributed by atoms with Crippen molar-refractivity contribution < 1.29 is 14.3 Å². The molecule has 5 heteroatoms. The topological polar surface area (TPSA) is 49.9 Å². The van der Waals surface area contributed by atoms with Gasteiger partial charge >= 0.3 is 0 Å². The van der Waals surface area contributed by atoms with Gasteiger partial charge in [0.2, 0.25) is 12.3 Å². The molecule has 5 nitrogen and oxygen atoms in total. The van der Waals surface area contributed by atoms with Crippen LogP contribution >= 0.6 is 0 Å². The minimum absolute atomic E-state index is 0.146. The van der Waals surface area contributed by atoms with Crippen LogP contribution in [0.4, 0.5) is 0 Å². The van der Waals surface area contributed by atoms with Crippen LogP contribution in [0.3, 0.4) is 0 Å². The molecule has 1 aromatic rings. The monoisotopic (exact) mass is 290 g/mol. The summed E-state index contributed by atoms with van der Waals surface area (Å²) in [6, 6.07) is 7.89. The van der Waals surface area contributed by atoms with Gasteiger partial charge in [-0.15, -0.1) is 0 Å². The molecule has 1 fully saturated rings. The Morgan fingerprint density at radius 2 is 1.86 bits per heavy atom. The lowest BCUT2D eigenvalue weighted by atomic mass is 10.2. The largest absolute Gasteiger partial charge is 0.494 e. The van der Waals surface area contributed by atoms with Crippen molar-refractivity contribution in [2.24, 2.45) is 0 Å². The number of aryl methyl sites for hydroxylation is 1. The van der Waals surface area contributed by atoms with Crippen LogP contribution in [0.5, 0.6) is 5.75 Å². The standard InChI is InChI=1S/C16H22N2O3/c1-14-4-6-15(7-5-14)21-12-2-3-16(20)18-10-8-17(13-19)9-11-18/h4-7,13H,2-3,8-12H2,1H3. The fourth-order valence-corrected chi connectivity index (χ4v) is 2.28. The van der Waals surface area contributed by atoms with E-state index >= 15 is 0 Å². The minimum Gasteiger partial charge on any atom is -0.494 e. The molecule has 1 aliphatic heterocycles. The summed E-state index contributed by atoms with van der Waals surface area (Å²) in [5.74, 6) is 0.987. The van der Waals surface area contributed by atoms with Gasteiger partial charge in [-0.25, -0.2) is 0 Å². The van der Waals surface area contributed by atoms with E-state index in [0.717, 1.165) is 12.2 Å². The van der Waals surface area contributed by atoms with Crippen molar-refractivity contribution in [2.75, 3.05) is 32.8 Å². The molecule has 1 saturated heterocycles. The third kappa shape index (κ3) is 4.77. The average Bonchev–Trinajstić information content (AvgIpc) is 2.53. The number of hydrogen-bond donors (Lipinski definition) is 0. The van der Waals surface area contributed by atoms with Crippen LogP contribution < -0.4 is 4.74 Å². The Bertz CT molecular complexity index is 465. The Morgan fingerprint density at radius 3 is 2.48 bits per heavy atom. The molecule has 1 heterocycles. The Balaban J connectivity index is 1.63. The van der Waals surface area contributed by atoms with Crippen LogP contribution in [0.1, 0.15) is 18.4 Å². The van der Waals surface area contributed by atoms with E-state index in [0.29, 0.717) is 45.6 Å². The third-order valence-electron chi connectivity index (χ3n) is 3.64. The molecule has 2 amide bonds. The van der Waals surface area contributed by atoms with E-state index in [9.17, 15) is 9.59 Å². The highest BCUT2D eigenvalue weighted by molar-refractivity contribution is 5.76. The molecule has 0 aromatic heterocycles. The third-order valence-corrected chi connectivity index (χ3v) is 3.64. The van der Waals surface area contributed by atoms with E-state index < -0.39 is 0 Å². The van der Waals surface area contributed by atoms with Crippen LogP contribution in [0.15, 0.2) is 24.3 Å². The molecular weight excluding hydrogens is 268 g/mol. The fourth-order valence-electron chi connectivity index (χ4n) is 2.28. The Hall–Kier alpha value is -2.04. The molecule has 1 aromatic carbocycles. The van der Waals surface area contributed by atoms with Gasteiger partial charge in [-0.05, 0) is 25.5 Å². The first kappa shape index (κ1) is 15.4. The summed E-state index contributed by atoms with van der Waals surface area (Å²) in [5.41, 5.74) is 1.20. The molecule has 0 aliphatic carbocycles. The first-order valence-electron chi connectivity index (χ1n) is 7.35. The smallest absolute Gasteiger partial charge is 0.222 e. The molecule has 0 unspecified atom stereocenters. The van der Waals surface area contributed by atoms with Crippen LogP contribution in [0.2, 0.25) is 0 Å². The SMILES string of the molecule is Cc1ccc(OCCCC(=O)N2CCN(C=O)CC2)cc1. The summed E-state index contributed by atoms with van der Waals surface area (Å²) < 4.78 is 5.61. The van der Waals surface area contributed by atoms with Crippen molar-refractivity contribution in [2.45, 2.75) is 19.8 Å². The number of carbonyl (C=O) groups is 2. The second-order valence-corrected chi connectivity index (χ2v) is 5.29. The molecule has 21 heavy (non-hydrogen) atoms. The van der Waals surface area contributed by atoms with Crippen molar-refractivity contribution >= 4 is 12.3 Å². The van der Waals surface area contributed by atoms with Crippen molar-refractivity contribution in [3.05, 3.63) is 29.8 Å². The second kappa shape index (κ2) is 7.67. The van der Waals surface area contributed by atoms with E-state index in [1.165, 1.54) is 5.56 Å². The van der Waals surface area contributed by atoms with Gasteiger partial charge in [0.25, 0.3) is 0 Å². The van der Waals surface area contributed by atoms with Crippen LogP contribution in [-0.4, -0.2) is 54.9 Å². The molecule has 0 bridgehead atoms. The van der Waals surface area contributed by atoms with Gasteiger partial charge in [-0.2, -0.15) is 0 Å². The zero-order valence-corrected chi connectivity index (χ0v) is 12.5. The zero-order valence-electron chi connectivity index (χ0n) is 12.5. The van der Waals surface area contributed by atoms with Crippen LogP contribution in [0.25, 0.3) is 0 Å². The lowest BCUT2D eigenvalue weighted by Gasteiger charge is -2.32. The maximum atomic E-state index is 12.0. The molecule has 0 saturated carbocycles. The van der Waals surface area contributed by atoms with Crippen molar-refractivity contribution in [3.8, 4) is 5.75 Å². The predicted octanol–water partition coefficient (Wildman–Crippen LogP) is 1.45. The number of rotatable bonds is 6. The molecule has 1 aliphatic rings. The summed E-state index contributed by atoms with van der Waals surface area (Å²) in [4.78, 5) is 26.1. The van der Waals surface area contributed by atoms with Gasteiger partial charge in [0.15, 0.2) is 0 Å². The molecule has 0 N–H and O–H groups in total. The predicted molar refractivity (Wildman–Crippen MR) is 80.1 cm³/mol. The summed E-state index contributed by atoms with van der Waals surface area (Å²) in [6.07, 6.45) is 2.05. The highest BCUT2D eigenvalue weighted by atomic mass is 16.5. The molecule has 0 spiro atoms. The van der Waals surface area contributed by atoms with Crippen molar-refractivity contribution in [3.63, 3.8) is 0 Å².